The zero-order valence-electron chi connectivity index (χ0n) is 18.4. The molecular formula is C24H30N4O3. The Morgan fingerprint density at radius 3 is 2.45 bits per heavy atom. The largest absolute Gasteiger partial charge is 0.378 e. The monoisotopic (exact) mass is 422 g/mol. The van der Waals surface area contributed by atoms with Gasteiger partial charge < -0.3 is 20.4 Å². The third-order valence-corrected chi connectivity index (χ3v) is 5.42. The first-order valence-electron chi connectivity index (χ1n) is 10.6. The number of rotatable bonds is 7. The molecule has 0 spiro atoms. The fraction of sp³-hybridized carbons (Fsp3) is 0.375. The minimum atomic E-state index is -0.710. The van der Waals surface area contributed by atoms with E-state index in [4.69, 9.17) is 0 Å². The number of nitrogens with one attached hydrogen (secondary N) is 2. The molecular weight excluding hydrogens is 392 g/mol. The van der Waals surface area contributed by atoms with Crippen LogP contribution in [0.15, 0.2) is 42.5 Å². The lowest BCUT2D eigenvalue weighted by Crippen LogP contribution is -2.36. The summed E-state index contributed by atoms with van der Waals surface area (Å²) in [6.07, 6.45) is 2.93. The third-order valence-electron chi connectivity index (χ3n) is 5.42. The molecule has 0 bridgehead atoms. The summed E-state index contributed by atoms with van der Waals surface area (Å²) in [5.41, 5.74) is 4.56. The van der Waals surface area contributed by atoms with Gasteiger partial charge in [0, 0.05) is 50.7 Å². The molecule has 0 unspecified atom stereocenters. The van der Waals surface area contributed by atoms with Gasteiger partial charge in [0.25, 0.3) is 0 Å². The molecule has 0 saturated carbocycles. The number of benzene rings is 2. The average Bonchev–Trinajstić information content (AvgIpc) is 3.18. The van der Waals surface area contributed by atoms with E-state index in [0.29, 0.717) is 25.2 Å². The highest BCUT2D eigenvalue weighted by Crippen LogP contribution is 2.28. The quantitative estimate of drug-likeness (QED) is 0.531. The highest BCUT2D eigenvalue weighted by Gasteiger charge is 2.23. The van der Waals surface area contributed by atoms with E-state index in [0.717, 1.165) is 36.2 Å². The van der Waals surface area contributed by atoms with Crippen molar-refractivity contribution >= 4 is 34.8 Å². The Kier molecular flexibility index (Phi) is 7.28. The van der Waals surface area contributed by atoms with Crippen molar-refractivity contribution in [2.24, 2.45) is 0 Å². The number of nitrogens with zero attached hydrogens (tertiary/aromatic N) is 2. The Labute approximate surface area is 183 Å². The Bertz CT molecular complexity index is 954. The van der Waals surface area contributed by atoms with Crippen molar-refractivity contribution in [3.63, 3.8) is 0 Å². The first-order valence-corrected chi connectivity index (χ1v) is 10.6. The average molecular weight is 423 g/mol. The second kappa shape index (κ2) is 10.1. The molecule has 2 aromatic rings. The smallest absolute Gasteiger partial charge is 0.313 e. The Morgan fingerprint density at radius 2 is 1.81 bits per heavy atom. The van der Waals surface area contributed by atoms with Crippen molar-refractivity contribution in [1.29, 1.82) is 0 Å². The van der Waals surface area contributed by atoms with Crippen LogP contribution < -0.4 is 20.4 Å². The van der Waals surface area contributed by atoms with E-state index in [1.165, 1.54) is 5.56 Å². The van der Waals surface area contributed by atoms with Crippen LogP contribution in [-0.2, 0) is 20.8 Å². The molecule has 0 radical (unpaired) electrons. The van der Waals surface area contributed by atoms with Crippen LogP contribution in [0.5, 0.6) is 0 Å². The van der Waals surface area contributed by atoms with E-state index in [-0.39, 0.29) is 5.91 Å². The van der Waals surface area contributed by atoms with Crippen molar-refractivity contribution in [1.82, 2.24) is 5.32 Å². The van der Waals surface area contributed by atoms with Crippen LogP contribution in [0, 0.1) is 6.92 Å². The molecule has 2 aromatic carbocycles. The molecule has 2 N–H and O–H groups in total. The lowest BCUT2D eigenvalue weighted by molar-refractivity contribution is -0.136. The van der Waals surface area contributed by atoms with Gasteiger partial charge in [0.1, 0.15) is 0 Å². The van der Waals surface area contributed by atoms with Gasteiger partial charge in [0.2, 0.25) is 5.91 Å². The van der Waals surface area contributed by atoms with E-state index >= 15 is 0 Å². The molecule has 3 amide bonds. The predicted octanol–water partition coefficient (Wildman–Crippen LogP) is 2.88. The third kappa shape index (κ3) is 5.84. The van der Waals surface area contributed by atoms with Crippen LogP contribution in [0.2, 0.25) is 0 Å². The molecule has 1 saturated heterocycles. The SMILES string of the molecule is Cc1ccc(NC(=O)C(=O)NCCCc2ccc(N(C)C)cc2)cc1N1CCCC1=O. The van der Waals surface area contributed by atoms with Crippen LogP contribution >= 0.6 is 0 Å². The van der Waals surface area contributed by atoms with Crippen molar-refractivity contribution in [2.75, 3.05) is 42.3 Å². The Morgan fingerprint density at radius 1 is 1.06 bits per heavy atom. The number of carbonyl (C=O) groups excluding carboxylic acids is 3. The second-order valence-electron chi connectivity index (χ2n) is 8.02. The van der Waals surface area contributed by atoms with Crippen LogP contribution in [0.4, 0.5) is 17.1 Å². The number of hydrogen-bond donors (Lipinski definition) is 2. The van der Waals surface area contributed by atoms with Gasteiger partial charge >= 0.3 is 11.8 Å². The molecule has 0 aromatic heterocycles. The summed E-state index contributed by atoms with van der Waals surface area (Å²) in [5, 5.41) is 5.30. The summed E-state index contributed by atoms with van der Waals surface area (Å²) in [4.78, 5) is 40.2. The van der Waals surface area contributed by atoms with Crippen molar-refractivity contribution in [3.05, 3.63) is 53.6 Å². The predicted molar refractivity (Wildman–Crippen MR) is 123 cm³/mol. The molecule has 1 fully saturated rings. The highest BCUT2D eigenvalue weighted by molar-refractivity contribution is 6.39. The molecule has 0 atom stereocenters. The van der Waals surface area contributed by atoms with Crippen molar-refractivity contribution in [3.8, 4) is 0 Å². The first-order chi connectivity index (χ1) is 14.8. The highest BCUT2D eigenvalue weighted by atomic mass is 16.2. The number of hydrogen-bond acceptors (Lipinski definition) is 4. The molecule has 7 heteroatoms. The van der Waals surface area contributed by atoms with Crippen LogP contribution in [0.25, 0.3) is 0 Å². The topological polar surface area (TPSA) is 81.8 Å². The number of aryl methyl sites for hydroxylation is 2. The van der Waals surface area contributed by atoms with Gasteiger partial charge in [0.15, 0.2) is 0 Å². The summed E-state index contributed by atoms with van der Waals surface area (Å²) >= 11 is 0. The van der Waals surface area contributed by atoms with E-state index in [9.17, 15) is 14.4 Å². The maximum atomic E-state index is 12.3. The van der Waals surface area contributed by atoms with Gasteiger partial charge in [0.05, 0.1) is 0 Å². The summed E-state index contributed by atoms with van der Waals surface area (Å²) in [6.45, 7) is 3.02. The lowest BCUT2D eigenvalue weighted by Gasteiger charge is -2.19. The van der Waals surface area contributed by atoms with E-state index < -0.39 is 11.8 Å². The normalized spacial score (nSPS) is 13.3. The summed E-state index contributed by atoms with van der Waals surface area (Å²) < 4.78 is 0. The van der Waals surface area contributed by atoms with E-state index in [2.05, 4.69) is 34.9 Å². The fourth-order valence-corrected chi connectivity index (χ4v) is 3.60. The molecule has 0 aliphatic carbocycles. The fourth-order valence-electron chi connectivity index (χ4n) is 3.60. The molecule has 1 aliphatic rings. The van der Waals surface area contributed by atoms with Crippen LogP contribution in [0.1, 0.15) is 30.4 Å². The van der Waals surface area contributed by atoms with Gasteiger partial charge in [-0.1, -0.05) is 18.2 Å². The minimum Gasteiger partial charge on any atom is -0.378 e. The number of amides is 3. The zero-order chi connectivity index (χ0) is 22.4. The number of anilines is 3. The van der Waals surface area contributed by atoms with Gasteiger partial charge in [-0.15, -0.1) is 0 Å². The maximum Gasteiger partial charge on any atom is 0.313 e. The molecule has 1 heterocycles. The standard InChI is InChI=1S/C24H30N4O3/c1-17-8-11-19(16-21(17)28-15-5-7-22(28)29)26-24(31)23(30)25-14-4-6-18-9-12-20(13-10-18)27(2)3/h8-13,16H,4-7,14-15H2,1-3H3,(H,25,30)(H,26,31). The van der Waals surface area contributed by atoms with Crippen molar-refractivity contribution < 1.29 is 14.4 Å². The summed E-state index contributed by atoms with van der Waals surface area (Å²) in [7, 11) is 4.00. The summed E-state index contributed by atoms with van der Waals surface area (Å²) in [5.74, 6) is -1.29. The van der Waals surface area contributed by atoms with Crippen LogP contribution in [-0.4, -0.2) is 44.9 Å². The molecule has 3 rings (SSSR count). The molecule has 7 nitrogen and oxygen atoms in total. The lowest BCUT2D eigenvalue weighted by atomic mass is 10.1. The van der Waals surface area contributed by atoms with Gasteiger partial charge in [-0.25, -0.2) is 0 Å². The van der Waals surface area contributed by atoms with Gasteiger partial charge in [-0.2, -0.15) is 0 Å². The zero-order valence-corrected chi connectivity index (χ0v) is 18.4. The Balaban J connectivity index is 1.47. The second-order valence-corrected chi connectivity index (χ2v) is 8.02. The Hall–Kier alpha value is -3.35. The van der Waals surface area contributed by atoms with E-state index in [1.54, 1.807) is 17.0 Å². The molecule has 164 valence electrons. The van der Waals surface area contributed by atoms with E-state index in [1.807, 2.05) is 32.0 Å². The van der Waals surface area contributed by atoms with Crippen molar-refractivity contribution in [2.45, 2.75) is 32.6 Å². The number of carbonyl (C=O) groups is 3. The van der Waals surface area contributed by atoms with Gasteiger partial charge in [-0.05, 0) is 61.6 Å². The van der Waals surface area contributed by atoms with Gasteiger partial charge in [-0.3, -0.25) is 14.4 Å². The van der Waals surface area contributed by atoms with Crippen LogP contribution in [0.3, 0.4) is 0 Å². The first kappa shape index (κ1) is 22.3. The minimum absolute atomic E-state index is 0.0840. The maximum absolute atomic E-state index is 12.3. The molecule has 31 heavy (non-hydrogen) atoms. The summed E-state index contributed by atoms with van der Waals surface area (Å²) in [6, 6.07) is 13.6. The molecule has 1 aliphatic heterocycles.